The van der Waals surface area contributed by atoms with Crippen molar-refractivity contribution in [3.05, 3.63) is 76.9 Å². The molecule has 2 heterocycles. The number of benzene rings is 2. The van der Waals surface area contributed by atoms with Gasteiger partial charge in [-0.05, 0) is 35.7 Å². The number of hydrogen-bond acceptors (Lipinski definition) is 6. The smallest absolute Gasteiger partial charge is 0.231 e. The minimum absolute atomic E-state index is 0.00705. The Hall–Kier alpha value is -3.81. The second-order valence-corrected chi connectivity index (χ2v) is 7.01. The second-order valence-electron chi connectivity index (χ2n) is 7.01. The zero-order valence-electron chi connectivity index (χ0n) is 16.4. The van der Waals surface area contributed by atoms with Gasteiger partial charge in [-0.3, -0.25) is 10.2 Å². The minimum atomic E-state index is -0.378. The Morgan fingerprint density at radius 3 is 2.83 bits per heavy atom. The molecule has 0 bridgehead atoms. The largest absolute Gasteiger partial charge is 0.383 e. The summed E-state index contributed by atoms with van der Waals surface area (Å²) in [5.41, 5.74) is 9.42. The van der Waals surface area contributed by atoms with Crippen molar-refractivity contribution in [2.75, 3.05) is 29.5 Å². The summed E-state index contributed by atoms with van der Waals surface area (Å²) in [6.45, 7) is 0.526. The molecule has 30 heavy (non-hydrogen) atoms. The number of carbonyl (C=O) groups is 1. The summed E-state index contributed by atoms with van der Waals surface area (Å²) < 4.78 is 13.9. The zero-order chi connectivity index (χ0) is 21.3. The van der Waals surface area contributed by atoms with Gasteiger partial charge in [-0.15, -0.1) is 0 Å². The standard InChI is InChI=1S/C22H21FN6O/c1-26-22-19(21(25)27-12-28-22)20(24)15-6-7-17-14(10-15)8-9-29(17)18(30)11-13-4-2-3-5-16(13)23/h2-7,10,12,24H,8-9,11H2,1H3,(H3,25,26,27,28). The van der Waals surface area contributed by atoms with Gasteiger partial charge < -0.3 is 16.0 Å². The summed E-state index contributed by atoms with van der Waals surface area (Å²) in [4.78, 5) is 22.6. The highest BCUT2D eigenvalue weighted by Crippen LogP contribution is 2.31. The average Bonchev–Trinajstić information content (AvgIpc) is 3.18. The summed E-state index contributed by atoms with van der Waals surface area (Å²) in [6, 6.07) is 11.8. The topological polar surface area (TPSA) is 108 Å². The van der Waals surface area contributed by atoms with Crippen LogP contribution in [0.5, 0.6) is 0 Å². The lowest BCUT2D eigenvalue weighted by atomic mass is 10.00. The lowest BCUT2D eigenvalue weighted by molar-refractivity contribution is -0.117. The highest BCUT2D eigenvalue weighted by molar-refractivity contribution is 6.16. The summed E-state index contributed by atoms with van der Waals surface area (Å²) in [5.74, 6) is 0.174. The van der Waals surface area contributed by atoms with E-state index in [0.29, 0.717) is 35.5 Å². The average molecular weight is 404 g/mol. The minimum Gasteiger partial charge on any atom is -0.383 e. The maximum Gasteiger partial charge on any atom is 0.231 e. The third kappa shape index (κ3) is 3.47. The molecule has 0 spiro atoms. The highest BCUT2D eigenvalue weighted by Gasteiger charge is 2.26. The van der Waals surface area contributed by atoms with E-state index in [4.69, 9.17) is 11.1 Å². The van der Waals surface area contributed by atoms with Crippen molar-refractivity contribution in [1.29, 1.82) is 5.41 Å². The molecule has 0 fully saturated rings. The van der Waals surface area contributed by atoms with E-state index < -0.39 is 0 Å². The van der Waals surface area contributed by atoms with Gasteiger partial charge in [0.2, 0.25) is 5.91 Å². The first-order valence-corrected chi connectivity index (χ1v) is 9.53. The lowest BCUT2D eigenvalue weighted by Crippen LogP contribution is -2.30. The first-order chi connectivity index (χ1) is 14.5. The number of hydrogen-bond donors (Lipinski definition) is 3. The normalized spacial score (nSPS) is 12.5. The van der Waals surface area contributed by atoms with E-state index in [-0.39, 0.29) is 29.7 Å². The Morgan fingerprint density at radius 1 is 1.27 bits per heavy atom. The van der Waals surface area contributed by atoms with Crippen molar-refractivity contribution in [3.8, 4) is 0 Å². The van der Waals surface area contributed by atoms with Gasteiger partial charge in [0.1, 0.15) is 23.8 Å². The molecule has 1 aliphatic heterocycles. The molecular formula is C22H21FN6O. The fraction of sp³-hybridized carbons (Fsp3) is 0.182. The van der Waals surface area contributed by atoms with Crippen LogP contribution in [-0.4, -0.2) is 35.2 Å². The third-order valence-electron chi connectivity index (χ3n) is 5.23. The molecule has 0 radical (unpaired) electrons. The van der Waals surface area contributed by atoms with E-state index in [1.54, 1.807) is 36.2 Å². The van der Waals surface area contributed by atoms with E-state index in [1.165, 1.54) is 12.4 Å². The van der Waals surface area contributed by atoms with Crippen LogP contribution in [0.25, 0.3) is 0 Å². The molecule has 7 nitrogen and oxygen atoms in total. The summed E-state index contributed by atoms with van der Waals surface area (Å²) >= 11 is 0. The van der Waals surface area contributed by atoms with Crippen molar-refractivity contribution >= 4 is 28.9 Å². The molecular weight excluding hydrogens is 383 g/mol. The summed E-state index contributed by atoms with van der Waals surface area (Å²) in [7, 11) is 1.71. The first kappa shape index (κ1) is 19.5. The summed E-state index contributed by atoms with van der Waals surface area (Å²) in [6.07, 6.45) is 2.02. The molecule has 3 aromatic rings. The predicted octanol–water partition coefficient (Wildman–Crippen LogP) is 2.79. The number of anilines is 3. The Bertz CT molecular complexity index is 1150. The highest BCUT2D eigenvalue weighted by atomic mass is 19.1. The SMILES string of the molecule is CNc1ncnc(N)c1C(=N)c1ccc2c(c1)CCN2C(=O)Cc1ccccc1F. The summed E-state index contributed by atoms with van der Waals surface area (Å²) in [5, 5.41) is 11.5. The van der Waals surface area contributed by atoms with Crippen LogP contribution in [0.4, 0.5) is 21.7 Å². The van der Waals surface area contributed by atoms with E-state index >= 15 is 0 Å². The predicted molar refractivity (Wildman–Crippen MR) is 115 cm³/mol. The van der Waals surface area contributed by atoms with Gasteiger partial charge in [0.05, 0.1) is 17.7 Å². The van der Waals surface area contributed by atoms with Gasteiger partial charge in [0, 0.05) is 24.8 Å². The van der Waals surface area contributed by atoms with Crippen LogP contribution >= 0.6 is 0 Å². The van der Waals surface area contributed by atoms with E-state index in [0.717, 1.165) is 11.3 Å². The molecule has 1 aliphatic rings. The second kappa shape index (κ2) is 7.90. The number of aromatic nitrogens is 2. The molecule has 8 heteroatoms. The maximum atomic E-state index is 13.9. The fourth-order valence-corrected chi connectivity index (χ4v) is 3.70. The number of rotatable bonds is 5. The van der Waals surface area contributed by atoms with E-state index in [2.05, 4.69) is 15.3 Å². The number of carbonyl (C=O) groups excluding carboxylic acids is 1. The van der Waals surface area contributed by atoms with Crippen molar-refractivity contribution in [2.45, 2.75) is 12.8 Å². The van der Waals surface area contributed by atoms with Gasteiger partial charge in [-0.1, -0.05) is 24.3 Å². The van der Waals surface area contributed by atoms with Crippen LogP contribution in [0.3, 0.4) is 0 Å². The van der Waals surface area contributed by atoms with Gasteiger partial charge in [-0.2, -0.15) is 0 Å². The fourth-order valence-electron chi connectivity index (χ4n) is 3.70. The molecule has 4 N–H and O–H groups in total. The molecule has 2 aromatic carbocycles. The van der Waals surface area contributed by atoms with Crippen molar-refractivity contribution in [3.63, 3.8) is 0 Å². The van der Waals surface area contributed by atoms with Gasteiger partial charge in [0.15, 0.2) is 0 Å². The number of nitrogen functional groups attached to an aromatic ring is 1. The number of fused-ring (bicyclic) bond motifs is 1. The molecule has 152 valence electrons. The quantitative estimate of drug-likeness (QED) is 0.567. The molecule has 0 unspecified atom stereocenters. The van der Waals surface area contributed by atoms with Crippen molar-refractivity contribution < 1.29 is 9.18 Å². The zero-order valence-corrected chi connectivity index (χ0v) is 16.4. The lowest BCUT2D eigenvalue weighted by Gasteiger charge is -2.18. The van der Waals surface area contributed by atoms with Crippen LogP contribution in [0.15, 0.2) is 48.8 Å². The Morgan fingerprint density at radius 2 is 2.07 bits per heavy atom. The number of nitrogens with one attached hydrogen (secondary N) is 2. The number of amides is 1. The van der Waals surface area contributed by atoms with Crippen molar-refractivity contribution in [2.24, 2.45) is 0 Å². The Labute approximate surface area is 173 Å². The molecule has 0 atom stereocenters. The van der Waals surface area contributed by atoms with E-state index in [1.807, 2.05) is 12.1 Å². The van der Waals surface area contributed by atoms with Crippen LogP contribution < -0.4 is 16.0 Å². The maximum absolute atomic E-state index is 13.9. The van der Waals surface area contributed by atoms with Gasteiger partial charge in [0.25, 0.3) is 0 Å². The number of nitrogens with two attached hydrogens (primary N) is 1. The molecule has 1 aromatic heterocycles. The molecule has 1 amide bonds. The number of halogens is 1. The molecule has 0 saturated heterocycles. The number of nitrogens with zero attached hydrogens (tertiary/aromatic N) is 3. The van der Waals surface area contributed by atoms with Crippen molar-refractivity contribution in [1.82, 2.24) is 9.97 Å². The van der Waals surface area contributed by atoms with Crippen LogP contribution in [0.2, 0.25) is 0 Å². The molecule has 0 aliphatic carbocycles. The van der Waals surface area contributed by atoms with Crippen LogP contribution in [0.1, 0.15) is 22.3 Å². The van der Waals surface area contributed by atoms with E-state index in [9.17, 15) is 9.18 Å². The van der Waals surface area contributed by atoms with Gasteiger partial charge in [-0.25, -0.2) is 14.4 Å². The first-order valence-electron chi connectivity index (χ1n) is 9.53. The van der Waals surface area contributed by atoms with Gasteiger partial charge >= 0.3 is 0 Å². The Kier molecular flexibility index (Phi) is 5.14. The van der Waals surface area contributed by atoms with Crippen LogP contribution in [0, 0.1) is 11.2 Å². The molecule has 4 rings (SSSR count). The third-order valence-corrected chi connectivity index (χ3v) is 5.23. The Balaban J connectivity index is 1.59. The monoisotopic (exact) mass is 404 g/mol. The molecule has 0 saturated carbocycles. The van der Waals surface area contributed by atoms with Crippen LogP contribution in [-0.2, 0) is 17.6 Å².